The van der Waals surface area contributed by atoms with Gasteiger partial charge in [-0.15, -0.1) is 0 Å². The highest BCUT2D eigenvalue weighted by Gasteiger charge is 2.54. The molecular weight excluding hydrogens is 500 g/mol. The fourth-order valence-corrected chi connectivity index (χ4v) is 4.86. The van der Waals surface area contributed by atoms with Gasteiger partial charge in [0.05, 0.1) is 10.9 Å². The topological polar surface area (TPSA) is 73.3 Å². The minimum Gasteiger partial charge on any atom is -0.454 e. The van der Waals surface area contributed by atoms with Gasteiger partial charge < -0.3 is 4.74 Å². The predicted molar refractivity (Wildman–Crippen MR) is 143 cm³/mol. The van der Waals surface area contributed by atoms with E-state index >= 15 is 4.39 Å². The molecule has 198 valence electrons. The number of carbonyl (C=O) groups is 3. The second kappa shape index (κ2) is 10.5. The Balaban J connectivity index is 1.31. The number of fused-ring (bicyclic) bond motifs is 1. The summed E-state index contributed by atoms with van der Waals surface area (Å²) >= 11 is 0. The maximum atomic E-state index is 15.1. The minimum absolute atomic E-state index is 0.0152. The first-order valence-corrected chi connectivity index (χ1v) is 12.9. The van der Waals surface area contributed by atoms with Gasteiger partial charge in [0, 0.05) is 36.4 Å². The van der Waals surface area contributed by atoms with Gasteiger partial charge in [0.25, 0.3) is 0 Å². The number of ketones is 3. The van der Waals surface area contributed by atoms with Gasteiger partial charge in [-0.05, 0) is 78.9 Å². The van der Waals surface area contributed by atoms with Crippen molar-refractivity contribution in [2.45, 2.75) is 46.0 Å². The molecule has 0 atom stereocenters. The van der Waals surface area contributed by atoms with E-state index in [1.807, 2.05) is 13.0 Å². The van der Waals surface area contributed by atoms with Crippen LogP contribution in [0, 0.1) is 24.0 Å². The Labute approximate surface area is 224 Å². The largest absolute Gasteiger partial charge is 0.454 e. The maximum Gasteiger partial charge on any atom is 0.166 e. The SMILES string of the molecule is CCC(=O)c1cc2nccc(Oc3ccc(CC(=O)C4(C(=O)Cc5ccc(F)cc5)CC4)cc3F)c2cc1C. The highest BCUT2D eigenvalue weighted by Crippen LogP contribution is 2.49. The summed E-state index contributed by atoms with van der Waals surface area (Å²) in [7, 11) is 0. The van der Waals surface area contributed by atoms with Crippen LogP contribution in [0.5, 0.6) is 11.5 Å². The second-order valence-electron chi connectivity index (χ2n) is 10.0. The van der Waals surface area contributed by atoms with Gasteiger partial charge in [0.1, 0.15) is 11.6 Å². The van der Waals surface area contributed by atoms with Crippen LogP contribution < -0.4 is 4.74 Å². The van der Waals surface area contributed by atoms with Crippen LogP contribution in [0.1, 0.15) is 53.2 Å². The molecule has 1 saturated carbocycles. The van der Waals surface area contributed by atoms with Crippen molar-refractivity contribution >= 4 is 28.3 Å². The van der Waals surface area contributed by atoms with Gasteiger partial charge in [-0.2, -0.15) is 0 Å². The van der Waals surface area contributed by atoms with E-state index in [4.69, 9.17) is 4.74 Å². The van der Waals surface area contributed by atoms with E-state index in [-0.39, 0.29) is 41.8 Å². The number of ether oxygens (including phenoxy) is 1. The van der Waals surface area contributed by atoms with E-state index in [2.05, 4.69) is 4.98 Å². The molecule has 3 aromatic carbocycles. The first-order chi connectivity index (χ1) is 18.7. The van der Waals surface area contributed by atoms with E-state index in [0.29, 0.717) is 52.6 Å². The Morgan fingerprint density at radius 2 is 1.54 bits per heavy atom. The van der Waals surface area contributed by atoms with Crippen molar-refractivity contribution in [3.05, 3.63) is 101 Å². The number of benzene rings is 3. The zero-order valence-corrected chi connectivity index (χ0v) is 21.7. The minimum atomic E-state index is -1.05. The molecule has 0 unspecified atom stereocenters. The molecule has 1 aliphatic rings. The molecule has 0 radical (unpaired) electrons. The molecule has 5 nitrogen and oxygen atoms in total. The quantitative estimate of drug-likeness (QED) is 0.166. The van der Waals surface area contributed by atoms with Crippen LogP contribution in [0.4, 0.5) is 8.78 Å². The van der Waals surface area contributed by atoms with Crippen molar-refractivity contribution in [3.63, 3.8) is 0 Å². The van der Waals surface area contributed by atoms with Gasteiger partial charge in [-0.1, -0.05) is 25.1 Å². The number of aryl methyl sites for hydroxylation is 1. The third-order valence-corrected chi connectivity index (χ3v) is 7.35. The van der Waals surface area contributed by atoms with E-state index in [1.54, 1.807) is 37.3 Å². The van der Waals surface area contributed by atoms with Crippen molar-refractivity contribution in [2.75, 3.05) is 0 Å². The van der Waals surface area contributed by atoms with Crippen molar-refractivity contribution in [2.24, 2.45) is 5.41 Å². The molecule has 1 heterocycles. The Hall–Kier alpha value is -4.26. The standard InChI is InChI=1S/C32H27F2NO4/c1-3-27(36)23-18-26-24(14-19(23)2)28(10-13-35-26)39-29-9-6-21(15-25(29)34)17-31(38)32(11-12-32)30(37)16-20-4-7-22(33)8-5-20/h4-10,13-15,18H,3,11-12,16-17H2,1-2H3. The summed E-state index contributed by atoms with van der Waals surface area (Å²) in [4.78, 5) is 42.6. The van der Waals surface area contributed by atoms with Crippen LogP contribution in [0.15, 0.2) is 66.9 Å². The maximum absolute atomic E-state index is 15.1. The molecule has 0 amide bonds. The molecule has 7 heteroatoms. The molecule has 1 fully saturated rings. The average Bonchev–Trinajstić information content (AvgIpc) is 3.73. The summed E-state index contributed by atoms with van der Waals surface area (Å²) in [5, 5.41) is 0.650. The molecule has 0 bridgehead atoms. The zero-order chi connectivity index (χ0) is 27.7. The van der Waals surface area contributed by atoms with Crippen LogP contribution in [0.3, 0.4) is 0 Å². The molecule has 0 aliphatic heterocycles. The lowest BCUT2D eigenvalue weighted by atomic mass is 9.88. The van der Waals surface area contributed by atoms with Crippen molar-refractivity contribution in [1.82, 2.24) is 4.98 Å². The second-order valence-corrected chi connectivity index (χ2v) is 10.0. The van der Waals surface area contributed by atoms with Gasteiger partial charge in [-0.3, -0.25) is 19.4 Å². The molecule has 4 aromatic rings. The summed E-state index contributed by atoms with van der Waals surface area (Å²) < 4.78 is 34.1. The molecule has 1 aliphatic carbocycles. The molecule has 1 aromatic heterocycles. The highest BCUT2D eigenvalue weighted by atomic mass is 19.1. The van der Waals surface area contributed by atoms with Gasteiger partial charge in [0.2, 0.25) is 0 Å². The van der Waals surface area contributed by atoms with Crippen LogP contribution in [-0.2, 0) is 22.4 Å². The van der Waals surface area contributed by atoms with E-state index < -0.39 is 11.2 Å². The summed E-state index contributed by atoms with van der Waals surface area (Å²) in [6, 6.07) is 15.1. The number of hydrogen-bond donors (Lipinski definition) is 0. The lowest BCUT2D eigenvalue weighted by Gasteiger charge is -2.14. The Morgan fingerprint density at radius 1 is 0.872 bits per heavy atom. The number of carbonyl (C=O) groups excluding carboxylic acids is 3. The number of nitrogens with zero attached hydrogens (tertiary/aromatic N) is 1. The highest BCUT2D eigenvalue weighted by molar-refractivity contribution is 6.11. The van der Waals surface area contributed by atoms with Gasteiger partial charge >= 0.3 is 0 Å². The van der Waals surface area contributed by atoms with Crippen molar-refractivity contribution in [1.29, 1.82) is 0 Å². The summed E-state index contributed by atoms with van der Waals surface area (Å²) in [5.74, 6) is -1.06. The number of pyridine rings is 1. The van der Waals surface area contributed by atoms with Crippen LogP contribution in [0.25, 0.3) is 10.9 Å². The molecular formula is C32H27F2NO4. The van der Waals surface area contributed by atoms with Gasteiger partial charge in [0.15, 0.2) is 28.9 Å². The van der Waals surface area contributed by atoms with Gasteiger partial charge in [-0.25, -0.2) is 8.78 Å². The predicted octanol–water partition coefficient (Wildman–Crippen LogP) is 6.91. The van der Waals surface area contributed by atoms with Crippen LogP contribution in [0.2, 0.25) is 0 Å². The molecule has 39 heavy (non-hydrogen) atoms. The lowest BCUT2D eigenvalue weighted by Crippen LogP contribution is -2.28. The van der Waals surface area contributed by atoms with Crippen molar-refractivity contribution < 1.29 is 27.9 Å². The Kier molecular flexibility index (Phi) is 7.08. The fourth-order valence-electron chi connectivity index (χ4n) is 4.86. The first-order valence-electron chi connectivity index (χ1n) is 12.9. The number of rotatable bonds is 10. The normalized spacial score (nSPS) is 13.7. The molecule has 0 N–H and O–H groups in total. The molecule has 5 rings (SSSR count). The summed E-state index contributed by atoms with van der Waals surface area (Å²) in [5.41, 5.74) is 2.00. The van der Waals surface area contributed by atoms with Crippen LogP contribution >= 0.6 is 0 Å². The number of Topliss-reactive ketones (excluding diaryl/α,β-unsaturated/α-hetero) is 3. The third kappa shape index (κ3) is 5.35. The number of aromatic nitrogens is 1. The molecule has 0 saturated heterocycles. The Morgan fingerprint density at radius 3 is 2.18 bits per heavy atom. The number of hydrogen-bond acceptors (Lipinski definition) is 5. The third-order valence-electron chi connectivity index (χ3n) is 7.35. The molecule has 0 spiro atoms. The first kappa shape index (κ1) is 26.4. The monoisotopic (exact) mass is 527 g/mol. The zero-order valence-electron chi connectivity index (χ0n) is 21.7. The summed E-state index contributed by atoms with van der Waals surface area (Å²) in [6.07, 6.45) is 2.84. The van der Waals surface area contributed by atoms with Crippen LogP contribution in [-0.4, -0.2) is 22.3 Å². The Bertz CT molecular complexity index is 1610. The number of halogens is 2. The van der Waals surface area contributed by atoms with E-state index in [1.165, 1.54) is 30.5 Å². The average molecular weight is 528 g/mol. The van der Waals surface area contributed by atoms with E-state index in [0.717, 1.165) is 5.56 Å². The summed E-state index contributed by atoms with van der Waals surface area (Å²) in [6.45, 7) is 3.64. The smallest absolute Gasteiger partial charge is 0.166 e. The van der Waals surface area contributed by atoms with Crippen molar-refractivity contribution in [3.8, 4) is 11.5 Å². The van der Waals surface area contributed by atoms with E-state index in [9.17, 15) is 18.8 Å². The fraction of sp³-hybridized carbons (Fsp3) is 0.250. The lowest BCUT2D eigenvalue weighted by molar-refractivity contribution is -0.133.